The minimum atomic E-state index is -4.00. The number of aryl methyl sites for hydroxylation is 1. The number of carbonyl (C=O) groups is 1. The molecular formula is C10H15N3O4S. The quantitative estimate of drug-likeness (QED) is 0.743. The van der Waals surface area contributed by atoms with E-state index in [0.717, 1.165) is 12.8 Å². The first-order valence-electron chi connectivity index (χ1n) is 5.70. The zero-order valence-corrected chi connectivity index (χ0v) is 10.8. The Morgan fingerprint density at radius 2 is 2.22 bits per heavy atom. The number of ether oxygens (including phenoxy) is 1. The Hall–Kier alpha value is -1.41. The maximum absolute atomic E-state index is 11.7. The molecule has 0 aliphatic heterocycles. The molecule has 0 atom stereocenters. The summed E-state index contributed by atoms with van der Waals surface area (Å²) in [6.45, 7) is 2.04. The lowest BCUT2D eigenvalue weighted by Crippen LogP contribution is -2.19. The third-order valence-corrected chi connectivity index (χ3v) is 3.78. The first kappa shape index (κ1) is 13.0. The predicted octanol–water partition coefficient (Wildman–Crippen LogP) is 0.186. The second-order valence-corrected chi connectivity index (χ2v) is 5.82. The standard InChI is InChI=1S/C10H15N3O4S/c1-2-7-9(18(11,15)16)8(13-12-7)10(14)17-5-6-3-4-6/h6H,2-5H2,1H3,(H,12,13)(H2,11,15,16). The zero-order chi connectivity index (χ0) is 13.3. The maximum Gasteiger partial charge on any atom is 0.360 e. The number of aromatic amines is 1. The number of carbonyl (C=O) groups excluding carboxylic acids is 1. The highest BCUT2D eigenvalue weighted by Gasteiger charge is 2.29. The molecule has 1 aromatic rings. The van der Waals surface area contributed by atoms with Crippen LogP contribution in [0.2, 0.25) is 0 Å². The van der Waals surface area contributed by atoms with E-state index in [1.165, 1.54) is 0 Å². The molecule has 1 aromatic heterocycles. The van der Waals surface area contributed by atoms with Crippen LogP contribution in [0.5, 0.6) is 0 Å². The van der Waals surface area contributed by atoms with Crippen LogP contribution in [-0.2, 0) is 21.2 Å². The molecule has 1 aliphatic carbocycles. The lowest BCUT2D eigenvalue weighted by Gasteiger charge is -2.03. The van der Waals surface area contributed by atoms with Gasteiger partial charge in [0, 0.05) is 0 Å². The van der Waals surface area contributed by atoms with Crippen LogP contribution in [0.4, 0.5) is 0 Å². The second-order valence-electron chi connectivity index (χ2n) is 4.32. The fourth-order valence-corrected chi connectivity index (χ4v) is 2.53. The molecule has 18 heavy (non-hydrogen) atoms. The van der Waals surface area contributed by atoms with Crippen molar-refractivity contribution in [1.29, 1.82) is 0 Å². The van der Waals surface area contributed by atoms with Gasteiger partial charge >= 0.3 is 5.97 Å². The van der Waals surface area contributed by atoms with Crippen molar-refractivity contribution in [2.45, 2.75) is 31.1 Å². The van der Waals surface area contributed by atoms with Crippen molar-refractivity contribution >= 4 is 16.0 Å². The number of hydrogen-bond donors (Lipinski definition) is 2. The van der Waals surface area contributed by atoms with Gasteiger partial charge in [-0.15, -0.1) is 0 Å². The fraction of sp³-hybridized carbons (Fsp3) is 0.600. The van der Waals surface area contributed by atoms with Crippen LogP contribution in [0.25, 0.3) is 0 Å². The Labute approximate surface area is 105 Å². The number of rotatable bonds is 5. The van der Waals surface area contributed by atoms with Crippen LogP contribution < -0.4 is 5.14 Å². The highest BCUT2D eigenvalue weighted by Crippen LogP contribution is 2.29. The van der Waals surface area contributed by atoms with Crippen molar-refractivity contribution in [2.24, 2.45) is 11.1 Å². The van der Waals surface area contributed by atoms with Crippen LogP contribution in [0.1, 0.15) is 35.9 Å². The molecule has 0 unspecified atom stereocenters. The maximum atomic E-state index is 11.7. The lowest BCUT2D eigenvalue weighted by atomic mass is 10.3. The van der Waals surface area contributed by atoms with Crippen LogP contribution in [-0.4, -0.2) is 31.2 Å². The van der Waals surface area contributed by atoms with Crippen molar-refractivity contribution in [3.63, 3.8) is 0 Å². The Kier molecular flexibility index (Phi) is 3.40. The zero-order valence-electron chi connectivity index (χ0n) is 9.97. The molecule has 0 saturated heterocycles. The van der Waals surface area contributed by atoms with Crippen LogP contribution >= 0.6 is 0 Å². The predicted molar refractivity (Wildman–Crippen MR) is 62.3 cm³/mol. The molecule has 0 aromatic carbocycles. The van der Waals surface area contributed by atoms with Crippen molar-refractivity contribution in [2.75, 3.05) is 6.61 Å². The summed E-state index contributed by atoms with van der Waals surface area (Å²) in [7, 11) is -4.00. The second kappa shape index (κ2) is 4.69. The Balaban J connectivity index is 2.26. The number of sulfonamides is 1. The molecule has 8 heteroatoms. The van der Waals surface area contributed by atoms with Crippen LogP contribution in [0, 0.1) is 5.92 Å². The van der Waals surface area contributed by atoms with E-state index in [2.05, 4.69) is 10.2 Å². The van der Waals surface area contributed by atoms with E-state index in [4.69, 9.17) is 9.88 Å². The molecule has 1 heterocycles. The lowest BCUT2D eigenvalue weighted by molar-refractivity contribution is 0.0474. The van der Waals surface area contributed by atoms with Crippen molar-refractivity contribution in [1.82, 2.24) is 10.2 Å². The molecule has 1 saturated carbocycles. The molecule has 0 bridgehead atoms. The molecule has 1 aliphatic rings. The number of nitrogens with zero attached hydrogens (tertiary/aromatic N) is 1. The van der Waals surface area contributed by atoms with Gasteiger partial charge in [-0.1, -0.05) is 6.92 Å². The highest BCUT2D eigenvalue weighted by molar-refractivity contribution is 7.89. The summed E-state index contributed by atoms with van der Waals surface area (Å²) in [6.07, 6.45) is 2.46. The third kappa shape index (κ3) is 2.70. The average Bonchev–Trinajstić information content (AvgIpc) is 3.00. The van der Waals surface area contributed by atoms with Crippen LogP contribution in [0.15, 0.2) is 4.90 Å². The summed E-state index contributed by atoms with van der Waals surface area (Å²) in [5.74, 6) is -0.349. The van der Waals surface area contributed by atoms with Gasteiger partial charge in [-0.25, -0.2) is 18.4 Å². The van der Waals surface area contributed by atoms with Gasteiger partial charge in [-0.2, -0.15) is 5.10 Å². The Morgan fingerprint density at radius 1 is 1.56 bits per heavy atom. The van der Waals surface area contributed by atoms with E-state index in [-0.39, 0.29) is 10.6 Å². The summed E-state index contributed by atoms with van der Waals surface area (Å²) >= 11 is 0. The van der Waals surface area contributed by atoms with Gasteiger partial charge in [0.05, 0.1) is 12.3 Å². The molecule has 2 rings (SSSR count). The molecule has 0 radical (unpaired) electrons. The number of H-pyrrole nitrogens is 1. The normalized spacial score (nSPS) is 15.7. The van der Waals surface area contributed by atoms with Crippen molar-refractivity contribution in [3.8, 4) is 0 Å². The summed E-state index contributed by atoms with van der Waals surface area (Å²) in [6, 6.07) is 0. The number of nitrogens with two attached hydrogens (primary N) is 1. The SMILES string of the molecule is CCc1[nH]nc(C(=O)OCC2CC2)c1S(N)(=O)=O. The molecule has 0 amide bonds. The fourth-order valence-electron chi connectivity index (χ4n) is 1.60. The number of primary sulfonamides is 1. The number of esters is 1. The molecule has 7 nitrogen and oxygen atoms in total. The molecular weight excluding hydrogens is 258 g/mol. The molecule has 1 fully saturated rings. The van der Waals surface area contributed by atoms with E-state index < -0.39 is 16.0 Å². The van der Waals surface area contributed by atoms with E-state index in [0.29, 0.717) is 24.6 Å². The average molecular weight is 273 g/mol. The number of hydrogen-bond acceptors (Lipinski definition) is 5. The minimum Gasteiger partial charge on any atom is -0.461 e. The summed E-state index contributed by atoms with van der Waals surface area (Å²) < 4.78 is 27.9. The van der Waals surface area contributed by atoms with E-state index in [1.54, 1.807) is 6.92 Å². The third-order valence-electron chi connectivity index (χ3n) is 2.77. The molecule has 3 N–H and O–H groups in total. The van der Waals surface area contributed by atoms with Gasteiger partial charge in [0.25, 0.3) is 0 Å². The van der Waals surface area contributed by atoms with E-state index in [1.807, 2.05) is 0 Å². The van der Waals surface area contributed by atoms with Crippen molar-refractivity contribution < 1.29 is 17.9 Å². The largest absolute Gasteiger partial charge is 0.461 e. The highest BCUT2D eigenvalue weighted by atomic mass is 32.2. The van der Waals surface area contributed by atoms with E-state index >= 15 is 0 Å². The minimum absolute atomic E-state index is 0.255. The number of aromatic nitrogens is 2. The van der Waals surface area contributed by atoms with Crippen LogP contribution in [0.3, 0.4) is 0 Å². The smallest absolute Gasteiger partial charge is 0.360 e. The Morgan fingerprint density at radius 3 is 2.72 bits per heavy atom. The monoisotopic (exact) mass is 273 g/mol. The van der Waals surface area contributed by atoms with Gasteiger partial charge in [-0.3, -0.25) is 5.10 Å². The first-order valence-corrected chi connectivity index (χ1v) is 7.25. The van der Waals surface area contributed by atoms with Gasteiger partial charge < -0.3 is 4.74 Å². The van der Waals surface area contributed by atoms with Gasteiger partial charge in [0.1, 0.15) is 4.90 Å². The summed E-state index contributed by atoms with van der Waals surface area (Å²) in [5.41, 5.74) is 0.0610. The van der Waals surface area contributed by atoms with E-state index in [9.17, 15) is 13.2 Å². The van der Waals surface area contributed by atoms with Crippen molar-refractivity contribution in [3.05, 3.63) is 11.4 Å². The Bertz CT molecular complexity index is 560. The number of nitrogens with one attached hydrogen (secondary N) is 1. The summed E-state index contributed by atoms with van der Waals surface area (Å²) in [4.78, 5) is 11.5. The first-order chi connectivity index (χ1) is 8.43. The van der Waals surface area contributed by atoms with Gasteiger partial charge in [0.2, 0.25) is 10.0 Å². The molecule has 0 spiro atoms. The topological polar surface area (TPSA) is 115 Å². The molecule has 100 valence electrons. The van der Waals surface area contributed by atoms with Gasteiger partial charge in [0.15, 0.2) is 5.69 Å². The van der Waals surface area contributed by atoms with Gasteiger partial charge in [-0.05, 0) is 25.2 Å². The summed E-state index contributed by atoms with van der Waals surface area (Å²) in [5, 5.41) is 11.3.